The highest BCUT2D eigenvalue weighted by Crippen LogP contribution is 2.39. The molecule has 3 aromatic carbocycles. The number of nitrogens with zero attached hydrogens (tertiary/aromatic N) is 2. The van der Waals surface area contributed by atoms with E-state index in [-0.39, 0.29) is 34.4 Å². The molecule has 0 N–H and O–H groups in total. The number of nitro groups is 1. The summed E-state index contributed by atoms with van der Waals surface area (Å²) in [4.78, 5) is 25.2. The van der Waals surface area contributed by atoms with Crippen LogP contribution in [0.25, 0.3) is 0 Å². The van der Waals surface area contributed by atoms with Gasteiger partial charge < -0.3 is 4.90 Å². The fourth-order valence-corrected chi connectivity index (χ4v) is 5.47. The molecule has 1 heterocycles. The van der Waals surface area contributed by atoms with Gasteiger partial charge in [-0.05, 0) is 30.2 Å². The Morgan fingerprint density at radius 2 is 1.61 bits per heavy atom. The van der Waals surface area contributed by atoms with Gasteiger partial charge in [0.15, 0.2) is 0 Å². The topological polar surface area (TPSA) is 97.6 Å². The van der Waals surface area contributed by atoms with Crippen LogP contribution in [0.15, 0.2) is 94.9 Å². The molecule has 0 aromatic heterocycles. The average Bonchev–Trinajstić information content (AvgIpc) is 2.81. The molecule has 1 aliphatic heterocycles. The van der Waals surface area contributed by atoms with Crippen molar-refractivity contribution < 1.29 is 18.1 Å². The first-order valence-corrected chi connectivity index (χ1v) is 11.9. The summed E-state index contributed by atoms with van der Waals surface area (Å²) in [7, 11) is -3.92. The van der Waals surface area contributed by atoms with Crippen molar-refractivity contribution in [1.29, 1.82) is 0 Å². The molecule has 0 aliphatic carbocycles. The van der Waals surface area contributed by atoms with Crippen LogP contribution in [0, 0.1) is 17.0 Å². The lowest BCUT2D eigenvalue weighted by Gasteiger charge is -2.31. The number of amides is 1. The van der Waals surface area contributed by atoms with E-state index in [1.165, 1.54) is 35.4 Å². The number of non-ortho nitro benzene ring substituents is 1. The first-order chi connectivity index (χ1) is 15.8. The molecule has 0 spiro atoms. The number of hydrogen-bond acceptors (Lipinski definition) is 5. The van der Waals surface area contributed by atoms with Gasteiger partial charge in [-0.1, -0.05) is 60.2 Å². The Morgan fingerprint density at radius 1 is 0.970 bits per heavy atom. The number of hydrogen-bond donors (Lipinski definition) is 0. The van der Waals surface area contributed by atoms with Crippen LogP contribution in [0.1, 0.15) is 29.0 Å². The number of sulfone groups is 1. The van der Waals surface area contributed by atoms with Gasteiger partial charge in [0.2, 0.25) is 15.7 Å². The van der Waals surface area contributed by atoms with Crippen molar-refractivity contribution in [2.45, 2.75) is 30.7 Å². The second-order valence-electron chi connectivity index (χ2n) is 7.96. The number of aryl methyl sites for hydroxylation is 1. The molecule has 0 radical (unpaired) electrons. The molecule has 7 nitrogen and oxygen atoms in total. The molecule has 0 saturated carbocycles. The lowest BCUT2D eigenvalue weighted by atomic mass is 9.92. The Balaban J connectivity index is 1.79. The van der Waals surface area contributed by atoms with Gasteiger partial charge in [-0.2, -0.15) is 0 Å². The van der Waals surface area contributed by atoms with Crippen molar-refractivity contribution >= 4 is 21.4 Å². The molecule has 0 fully saturated rings. The van der Waals surface area contributed by atoms with Crippen LogP contribution in [0.3, 0.4) is 0 Å². The van der Waals surface area contributed by atoms with E-state index in [2.05, 4.69) is 0 Å². The van der Waals surface area contributed by atoms with Gasteiger partial charge in [0.25, 0.3) is 5.69 Å². The van der Waals surface area contributed by atoms with Crippen LogP contribution in [-0.4, -0.2) is 24.1 Å². The maximum absolute atomic E-state index is 13.6. The van der Waals surface area contributed by atoms with E-state index in [4.69, 9.17) is 0 Å². The number of allylic oxidation sites excluding steroid dienone is 1. The predicted octanol–water partition coefficient (Wildman–Crippen LogP) is 4.73. The maximum Gasteiger partial charge on any atom is 0.269 e. The van der Waals surface area contributed by atoms with Crippen molar-refractivity contribution in [3.8, 4) is 0 Å². The summed E-state index contributed by atoms with van der Waals surface area (Å²) in [6, 6.07) is 21.6. The number of rotatable bonds is 6. The van der Waals surface area contributed by atoms with Gasteiger partial charge in [-0.25, -0.2) is 8.42 Å². The van der Waals surface area contributed by atoms with Gasteiger partial charge >= 0.3 is 0 Å². The normalized spacial score (nSPS) is 16.4. The number of carbonyl (C=O) groups excluding carboxylic acids is 1. The van der Waals surface area contributed by atoms with Crippen LogP contribution in [0.2, 0.25) is 0 Å². The Labute approximate surface area is 192 Å². The highest BCUT2D eigenvalue weighted by molar-refractivity contribution is 7.95. The summed E-state index contributed by atoms with van der Waals surface area (Å²) in [6.07, 6.45) is 1.36. The molecular weight excluding hydrogens is 440 g/mol. The monoisotopic (exact) mass is 462 g/mol. The zero-order valence-electron chi connectivity index (χ0n) is 17.9. The largest absolute Gasteiger partial charge is 0.314 e. The third kappa shape index (κ3) is 4.70. The number of carbonyl (C=O) groups is 1. The Hall–Kier alpha value is -3.78. The quantitative estimate of drug-likeness (QED) is 0.389. The van der Waals surface area contributed by atoms with E-state index in [0.29, 0.717) is 5.56 Å². The minimum absolute atomic E-state index is 0.0540. The lowest BCUT2D eigenvalue weighted by Crippen LogP contribution is -2.34. The standard InChI is InChI=1S/C25H22N2O5S/c1-18-7-13-22(14-8-18)33(31,32)24-17-26(16-19-5-3-2-4-6-19)25(28)15-23(24)20-9-11-21(12-10-20)27(29)30/h2-14,17,23H,15-16H2,1H3. The van der Waals surface area contributed by atoms with Crippen LogP contribution in [0.5, 0.6) is 0 Å². The minimum Gasteiger partial charge on any atom is -0.314 e. The second kappa shape index (κ2) is 8.99. The summed E-state index contributed by atoms with van der Waals surface area (Å²) >= 11 is 0. The second-order valence-corrected chi connectivity index (χ2v) is 9.91. The first kappa shape index (κ1) is 22.4. The zero-order chi connectivity index (χ0) is 23.6. The van der Waals surface area contributed by atoms with E-state index in [1.807, 2.05) is 37.3 Å². The van der Waals surface area contributed by atoms with Crippen molar-refractivity contribution in [3.05, 3.63) is 117 Å². The van der Waals surface area contributed by atoms with Gasteiger partial charge in [-0.3, -0.25) is 14.9 Å². The maximum atomic E-state index is 13.6. The summed E-state index contributed by atoms with van der Waals surface area (Å²) in [5, 5.41) is 11.0. The van der Waals surface area contributed by atoms with Gasteiger partial charge in [0.1, 0.15) is 0 Å². The van der Waals surface area contributed by atoms with Crippen LogP contribution < -0.4 is 0 Å². The number of benzene rings is 3. The fourth-order valence-electron chi connectivity index (χ4n) is 3.84. The van der Waals surface area contributed by atoms with Gasteiger partial charge in [-0.15, -0.1) is 0 Å². The van der Waals surface area contributed by atoms with Crippen LogP contribution in [-0.2, 0) is 21.2 Å². The highest BCUT2D eigenvalue weighted by atomic mass is 32.2. The summed E-state index contributed by atoms with van der Waals surface area (Å²) < 4.78 is 27.3. The molecule has 168 valence electrons. The predicted molar refractivity (Wildman–Crippen MR) is 124 cm³/mol. The molecule has 8 heteroatoms. The number of nitro benzene ring substituents is 1. The summed E-state index contributed by atoms with van der Waals surface area (Å²) in [6.45, 7) is 2.12. The molecule has 0 bridgehead atoms. The van der Waals surface area contributed by atoms with E-state index in [1.54, 1.807) is 24.3 Å². The van der Waals surface area contributed by atoms with Crippen LogP contribution >= 0.6 is 0 Å². The van der Waals surface area contributed by atoms with E-state index in [9.17, 15) is 23.3 Å². The van der Waals surface area contributed by atoms with Crippen molar-refractivity contribution in [1.82, 2.24) is 4.90 Å². The Bertz CT molecular complexity index is 1320. The highest BCUT2D eigenvalue weighted by Gasteiger charge is 2.36. The molecule has 1 unspecified atom stereocenters. The van der Waals surface area contributed by atoms with Crippen LogP contribution in [0.4, 0.5) is 5.69 Å². The molecule has 1 atom stereocenters. The van der Waals surface area contributed by atoms with Gasteiger partial charge in [0.05, 0.1) is 21.3 Å². The van der Waals surface area contributed by atoms with E-state index < -0.39 is 20.7 Å². The molecule has 0 saturated heterocycles. The average molecular weight is 463 g/mol. The Morgan fingerprint density at radius 3 is 2.21 bits per heavy atom. The fraction of sp³-hybridized carbons (Fsp3) is 0.160. The van der Waals surface area contributed by atoms with Crippen molar-refractivity contribution in [2.75, 3.05) is 0 Å². The van der Waals surface area contributed by atoms with Crippen molar-refractivity contribution in [2.24, 2.45) is 0 Å². The molecule has 33 heavy (non-hydrogen) atoms. The molecule has 3 aromatic rings. The Kier molecular flexibility index (Phi) is 6.11. The smallest absolute Gasteiger partial charge is 0.269 e. The molecular formula is C25H22N2O5S. The molecule has 1 amide bonds. The van der Waals surface area contributed by atoms with E-state index >= 15 is 0 Å². The molecule has 4 rings (SSSR count). The molecule has 1 aliphatic rings. The van der Waals surface area contributed by atoms with E-state index in [0.717, 1.165) is 11.1 Å². The van der Waals surface area contributed by atoms with Gasteiger partial charge in [0, 0.05) is 30.7 Å². The third-order valence-electron chi connectivity index (χ3n) is 5.67. The third-order valence-corrected chi connectivity index (χ3v) is 7.57. The summed E-state index contributed by atoms with van der Waals surface area (Å²) in [5.74, 6) is -0.957. The summed E-state index contributed by atoms with van der Waals surface area (Å²) in [5.41, 5.74) is 2.25. The SMILES string of the molecule is Cc1ccc(S(=O)(=O)C2=CN(Cc3ccccc3)C(=O)CC2c2ccc([N+](=O)[O-])cc2)cc1. The minimum atomic E-state index is -3.92. The zero-order valence-corrected chi connectivity index (χ0v) is 18.7. The van der Waals surface area contributed by atoms with Crippen molar-refractivity contribution in [3.63, 3.8) is 0 Å². The first-order valence-electron chi connectivity index (χ1n) is 10.4. The lowest BCUT2D eigenvalue weighted by molar-refractivity contribution is -0.384.